The fourth-order valence-electron chi connectivity index (χ4n) is 4.79. The molecule has 0 aromatic heterocycles. The van der Waals surface area contributed by atoms with Crippen LogP contribution in [0.2, 0.25) is 0 Å². The molecule has 0 bridgehead atoms. The number of hydrogen-bond donors (Lipinski definition) is 4. The molecule has 0 radical (unpaired) electrons. The van der Waals surface area contributed by atoms with E-state index in [1.54, 1.807) is 0 Å². The Morgan fingerprint density at radius 1 is 1.05 bits per heavy atom. The standard InChI is InChI=1S/C15H20FN3.C11H15NO.C4H10BrN/c1-18-15(13-5-3-2-4-6-13)7-9-19(10-8-15)12-14(16)11-17;13-11(6-8-12-9-7-11)10-4-2-1-3-5-10;1-6-4-2-3-5/h2-6,14H,7-12,17H2;1-5,12-13H,6-9H2;6H,2-4H2,1H3. The van der Waals surface area contributed by atoms with E-state index in [2.05, 4.69) is 36.3 Å². The van der Waals surface area contributed by atoms with Gasteiger partial charge in [-0.15, -0.1) is 0 Å². The largest absolute Gasteiger partial charge is 0.385 e. The van der Waals surface area contributed by atoms with Crippen LogP contribution in [0.3, 0.4) is 0 Å². The van der Waals surface area contributed by atoms with Crippen molar-refractivity contribution in [2.24, 2.45) is 5.73 Å². The van der Waals surface area contributed by atoms with Gasteiger partial charge in [0.25, 0.3) is 5.54 Å². The van der Waals surface area contributed by atoms with Crippen molar-refractivity contribution >= 4 is 15.9 Å². The topological polar surface area (TPSA) is 77.9 Å². The number of nitrogens with one attached hydrogen (secondary N) is 2. The van der Waals surface area contributed by atoms with Crippen molar-refractivity contribution in [3.05, 3.63) is 83.2 Å². The highest BCUT2D eigenvalue weighted by molar-refractivity contribution is 9.09. The molecule has 4 rings (SSSR count). The number of halogens is 2. The molecule has 1 unspecified atom stereocenters. The molecule has 5 N–H and O–H groups in total. The molecule has 1 atom stereocenters. The molecule has 2 heterocycles. The summed E-state index contributed by atoms with van der Waals surface area (Å²) in [5.41, 5.74) is 6.43. The molecule has 2 aliphatic rings. The van der Waals surface area contributed by atoms with Gasteiger partial charge in [-0.25, -0.2) is 11.0 Å². The summed E-state index contributed by atoms with van der Waals surface area (Å²) in [5.74, 6) is 0. The van der Waals surface area contributed by atoms with Gasteiger partial charge in [0.1, 0.15) is 6.17 Å². The average Bonchev–Trinajstić information content (AvgIpc) is 2.98. The monoisotopic (exact) mass is 589 g/mol. The molecule has 8 heteroatoms. The highest BCUT2D eigenvalue weighted by Gasteiger charge is 2.42. The van der Waals surface area contributed by atoms with Gasteiger partial charge in [-0.2, -0.15) is 0 Å². The Morgan fingerprint density at radius 3 is 2.05 bits per heavy atom. The van der Waals surface area contributed by atoms with E-state index < -0.39 is 17.3 Å². The Bertz CT molecular complexity index is 909. The highest BCUT2D eigenvalue weighted by atomic mass is 79.9. The van der Waals surface area contributed by atoms with Crippen LogP contribution in [-0.2, 0) is 11.1 Å². The summed E-state index contributed by atoms with van der Waals surface area (Å²) >= 11 is 3.31. The Morgan fingerprint density at radius 2 is 1.61 bits per heavy atom. The molecular formula is C30H45BrFN5O. The van der Waals surface area contributed by atoms with Crippen LogP contribution in [0.4, 0.5) is 4.39 Å². The van der Waals surface area contributed by atoms with Gasteiger partial charge < -0.3 is 26.3 Å². The lowest BCUT2D eigenvalue weighted by Crippen LogP contribution is -2.44. The van der Waals surface area contributed by atoms with Gasteiger partial charge in [0, 0.05) is 49.9 Å². The second kappa shape index (κ2) is 17.7. The summed E-state index contributed by atoms with van der Waals surface area (Å²) in [6, 6.07) is 19.9. The summed E-state index contributed by atoms with van der Waals surface area (Å²) in [6.07, 6.45) is 3.41. The summed E-state index contributed by atoms with van der Waals surface area (Å²) < 4.78 is 13.3. The molecule has 2 fully saturated rings. The predicted molar refractivity (Wildman–Crippen MR) is 159 cm³/mol. The second-order valence-corrected chi connectivity index (χ2v) is 10.7. The number of benzene rings is 2. The first kappa shape index (κ1) is 32.4. The zero-order valence-corrected chi connectivity index (χ0v) is 24.3. The minimum absolute atomic E-state index is 0.0726. The first-order valence-electron chi connectivity index (χ1n) is 13.6. The highest BCUT2D eigenvalue weighted by Crippen LogP contribution is 2.37. The Kier molecular flexibility index (Phi) is 15.0. The van der Waals surface area contributed by atoms with Crippen molar-refractivity contribution in [2.45, 2.75) is 49.4 Å². The first-order chi connectivity index (χ1) is 18.4. The van der Waals surface area contributed by atoms with E-state index >= 15 is 0 Å². The fourth-order valence-corrected chi connectivity index (χ4v) is 5.08. The molecule has 0 spiro atoms. The third kappa shape index (κ3) is 10.4. The number of piperidine rings is 2. The lowest BCUT2D eigenvalue weighted by molar-refractivity contribution is 0.00594. The third-order valence-electron chi connectivity index (χ3n) is 7.22. The molecule has 2 aromatic rings. The SMILES string of the molecule is CNCCCBr.OC1(c2ccccc2)CCNCC1.[C-]#[N+]C1(c2ccccc2)CCN(CC(F)CN)CC1. The maximum atomic E-state index is 13.3. The lowest BCUT2D eigenvalue weighted by Gasteiger charge is -2.34. The molecule has 38 heavy (non-hydrogen) atoms. The molecule has 2 aliphatic heterocycles. The van der Waals surface area contributed by atoms with Gasteiger partial charge in [0.05, 0.1) is 5.60 Å². The van der Waals surface area contributed by atoms with Gasteiger partial charge in [-0.05, 0) is 51.5 Å². The number of rotatable bonds is 8. The molecular weight excluding hydrogens is 545 g/mol. The quantitative estimate of drug-likeness (QED) is 0.208. The van der Waals surface area contributed by atoms with Crippen LogP contribution in [0.25, 0.3) is 4.85 Å². The van der Waals surface area contributed by atoms with Crippen LogP contribution in [0, 0.1) is 6.57 Å². The maximum absolute atomic E-state index is 13.3. The van der Waals surface area contributed by atoms with Crippen LogP contribution < -0.4 is 16.4 Å². The van der Waals surface area contributed by atoms with Crippen LogP contribution in [0.1, 0.15) is 43.2 Å². The third-order valence-corrected chi connectivity index (χ3v) is 7.78. The van der Waals surface area contributed by atoms with Crippen LogP contribution in [0.15, 0.2) is 60.7 Å². The van der Waals surface area contributed by atoms with Gasteiger partial charge in [0.2, 0.25) is 0 Å². The summed E-state index contributed by atoms with van der Waals surface area (Å²) in [6.45, 7) is 12.5. The Balaban J connectivity index is 0.000000230. The number of nitrogens with two attached hydrogens (primary N) is 1. The van der Waals surface area contributed by atoms with Gasteiger partial charge in [-0.1, -0.05) is 76.6 Å². The van der Waals surface area contributed by atoms with E-state index in [0.717, 1.165) is 74.9 Å². The summed E-state index contributed by atoms with van der Waals surface area (Å²) in [7, 11) is 1.96. The van der Waals surface area contributed by atoms with E-state index in [-0.39, 0.29) is 6.54 Å². The zero-order valence-electron chi connectivity index (χ0n) is 22.7. The molecule has 0 amide bonds. The van der Waals surface area contributed by atoms with Crippen molar-refractivity contribution in [3.8, 4) is 0 Å². The van der Waals surface area contributed by atoms with Gasteiger partial charge in [0.15, 0.2) is 0 Å². The molecule has 2 saturated heterocycles. The van der Waals surface area contributed by atoms with E-state index in [1.807, 2.05) is 67.7 Å². The van der Waals surface area contributed by atoms with Crippen molar-refractivity contribution in [1.29, 1.82) is 0 Å². The van der Waals surface area contributed by atoms with E-state index in [9.17, 15) is 9.50 Å². The van der Waals surface area contributed by atoms with Crippen molar-refractivity contribution in [1.82, 2.24) is 15.5 Å². The van der Waals surface area contributed by atoms with Crippen molar-refractivity contribution in [3.63, 3.8) is 0 Å². The minimum atomic E-state index is -0.961. The van der Waals surface area contributed by atoms with Crippen LogP contribution in [0.5, 0.6) is 0 Å². The number of nitrogens with zero attached hydrogens (tertiary/aromatic N) is 2. The zero-order chi connectivity index (χ0) is 27.7. The average molecular weight is 591 g/mol. The predicted octanol–water partition coefficient (Wildman–Crippen LogP) is 4.44. The fraction of sp³-hybridized carbons (Fsp3) is 0.567. The van der Waals surface area contributed by atoms with E-state index in [4.69, 9.17) is 12.3 Å². The number of hydrogen-bond acceptors (Lipinski definition) is 5. The first-order valence-corrected chi connectivity index (χ1v) is 14.7. The van der Waals surface area contributed by atoms with E-state index in [0.29, 0.717) is 6.54 Å². The van der Waals surface area contributed by atoms with Crippen molar-refractivity contribution < 1.29 is 9.50 Å². The smallest absolute Gasteiger partial charge is 0.260 e. The Hall–Kier alpha value is -1.86. The molecule has 210 valence electrons. The van der Waals surface area contributed by atoms with Gasteiger partial charge in [-0.3, -0.25) is 4.90 Å². The van der Waals surface area contributed by atoms with Gasteiger partial charge >= 0.3 is 0 Å². The second-order valence-electron chi connectivity index (χ2n) is 9.94. The molecule has 2 aromatic carbocycles. The number of likely N-dealkylation sites (tertiary alicyclic amines) is 1. The Labute approximate surface area is 237 Å². The maximum Gasteiger partial charge on any atom is 0.260 e. The minimum Gasteiger partial charge on any atom is -0.385 e. The van der Waals surface area contributed by atoms with Crippen LogP contribution in [-0.4, -0.2) is 74.4 Å². The normalized spacial score (nSPS) is 19.1. The van der Waals surface area contributed by atoms with Crippen molar-refractivity contribution in [2.75, 3.05) is 58.2 Å². The van der Waals surface area contributed by atoms with E-state index in [1.165, 1.54) is 6.42 Å². The molecule has 6 nitrogen and oxygen atoms in total. The number of aliphatic hydroxyl groups is 1. The molecule has 0 aliphatic carbocycles. The molecule has 0 saturated carbocycles. The lowest BCUT2D eigenvalue weighted by atomic mass is 9.81. The van der Waals surface area contributed by atoms with Crippen LogP contribution >= 0.6 is 15.9 Å². The summed E-state index contributed by atoms with van der Waals surface area (Å²) in [4.78, 5) is 5.96. The summed E-state index contributed by atoms with van der Waals surface area (Å²) in [5, 5.41) is 17.7. The number of alkyl halides is 2.